The molecule has 2 amide bonds. The monoisotopic (exact) mass is 577 g/mol. The second-order valence-corrected chi connectivity index (χ2v) is 11.2. The summed E-state index contributed by atoms with van der Waals surface area (Å²) in [6.45, 7) is 9.29. The molecule has 2 aliphatic rings. The van der Waals surface area contributed by atoms with Gasteiger partial charge in [0.05, 0.1) is 31.5 Å². The summed E-state index contributed by atoms with van der Waals surface area (Å²) < 4.78 is 15.1. The van der Waals surface area contributed by atoms with Crippen LogP contribution in [0.1, 0.15) is 54.8 Å². The van der Waals surface area contributed by atoms with Gasteiger partial charge in [-0.15, -0.1) is 5.10 Å². The Balaban J connectivity index is 1.39. The number of nitrogens with one attached hydrogen (secondary N) is 1. The maximum absolute atomic E-state index is 13.1. The molecule has 224 valence electrons. The van der Waals surface area contributed by atoms with Gasteiger partial charge < -0.3 is 24.3 Å². The van der Waals surface area contributed by atoms with Crippen molar-refractivity contribution in [2.45, 2.75) is 52.4 Å². The van der Waals surface area contributed by atoms with E-state index in [0.29, 0.717) is 51.4 Å². The lowest BCUT2D eigenvalue weighted by molar-refractivity contribution is -0.122. The lowest BCUT2D eigenvalue weighted by atomic mass is 9.99. The van der Waals surface area contributed by atoms with Gasteiger partial charge in [-0.05, 0) is 50.6 Å². The molecule has 4 bridgehead atoms. The molecule has 1 saturated heterocycles. The number of ether oxygens (including phenoxy) is 2. The number of amides is 2. The molecule has 0 saturated carbocycles. The van der Waals surface area contributed by atoms with E-state index < -0.39 is 0 Å². The zero-order valence-electron chi connectivity index (χ0n) is 24.7. The number of likely N-dealkylation sites (tertiary alicyclic amines) is 1. The zero-order valence-corrected chi connectivity index (χ0v) is 24.7. The summed E-state index contributed by atoms with van der Waals surface area (Å²) in [7, 11) is 1.63. The number of benzene rings is 1. The number of nitrogens with zero attached hydrogens (tertiary/aromatic N) is 6. The van der Waals surface area contributed by atoms with Crippen molar-refractivity contribution in [3.8, 4) is 11.5 Å². The highest BCUT2D eigenvalue weighted by Crippen LogP contribution is 2.34. The van der Waals surface area contributed by atoms with Gasteiger partial charge in [0, 0.05) is 58.3 Å². The van der Waals surface area contributed by atoms with Crippen molar-refractivity contribution >= 4 is 11.8 Å². The van der Waals surface area contributed by atoms with Gasteiger partial charge in [0.1, 0.15) is 11.3 Å². The number of aromatic nitrogens is 4. The SMILES string of the molecule is CCOc1cc(CN2C[C@@H]3CC(=O)NCCN(C)C(=O)c4cccn(c4=O)Cc4cn(nn4)[C@@H]3C2)ccc1OC(C)C. The number of hydrogen-bond donors (Lipinski definition) is 1. The third-order valence-corrected chi connectivity index (χ3v) is 7.60. The molecule has 1 N–H and O–H groups in total. The van der Waals surface area contributed by atoms with Gasteiger partial charge in [-0.3, -0.25) is 19.3 Å². The molecule has 42 heavy (non-hydrogen) atoms. The van der Waals surface area contributed by atoms with Crippen LogP contribution in [-0.4, -0.2) is 87.1 Å². The molecule has 2 aliphatic heterocycles. The predicted octanol–water partition coefficient (Wildman–Crippen LogP) is 1.94. The largest absolute Gasteiger partial charge is 0.490 e. The lowest BCUT2D eigenvalue weighted by Gasteiger charge is -2.20. The van der Waals surface area contributed by atoms with E-state index in [1.165, 1.54) is 15.5 Å². The summed E-state index contributed by atoms with van der Waals surface area (Å²) in [4.78, 5) is 42.8. The molecular weight excluding hydrogens is 538 g/mol. The Bertz CT molecular complexity index is 1480. The fourth-order valence-corrected chi connectivity index (χ4v) is 5.63. The number of carbonyl (C=O) groups is 2. The number of likely N-dealkylation sites (N-methyl/N-ethyl adjacent to an activating group) is 1. The molecule has 1 fully saturated rings. The van der Waals surface area contributed by atoms with E-state index in [9.17, 15) is 14.4 Å². The molecule has 0 radical (unpaired) electrons. The Morgan fingerprint density at radius 2 is 1.95 bits per heavy atom. The van der Waals surface area contributed by atoms with Crippen LogP contribution in [0, 0.1) is 5.92 Å². The molecule has 1 aromatic carbocycles. The lowest BCUT2D eigenvalue weighted by Crippen LogP contribution is -2.39. The van der Waals surface area contributed by atoms with E-state index in [4.69, 9.17) is 9.47 Å². The number of pyridine rings is 1. The van der Waals surface area contributed by atoms with E-state index in [-0.39, 0.29) is 47.5 Å². The van der Waals surface area contributed by atoms with Crippen LogP contribution in [0.25, 0.3) is 0 Å². The van der Waals surface area contributed by atoms with Crippen molar-refractivity contribution in [2.24, 2.45) is 5.92 Å². The molecule has 0 aliphatic carbocycles. The van der Waals surface area contributed by atoms with Crippen molar-refractivity contribution in [1.29, 1.82) is 0 Å². The first kappa shape index (κ1) is 29.3. The van der Waals surface area contributed by atoms with Gasteiger partial charge in [0.2, 0.25) is 5.91 Å². The summed E-state index contributed by atoms with van der Waals surface area (Å²) >= 11 is 0. The number of rotatable bonds is 6. The minimum Gasteiger partial charge on any atom is -0.490 e. The molecule has 12 nitrogen and oxygen atoms in total. The van der Waals surface area contributed by atoms with Crippen molar-refractivity contribution in [3.63, 3.8) is 0 Å². The van der Waals surface area contributed by atoms with Crippen LogP contribution < -0.4 is 20.3 Å². The maximum Gasteiger partial charge on any atom is 0.263 e. The van der Waals surface area contributed by atoms with Gasteiger partial charge >= 0.3 is 0 Å². The Morgan fingerprint density at radius 3 is 2.74 bits per heavy atom. The fraction of sp³-hybridized carbons (Fsp3) is 0.500. The van der Waals surface area contributed by atoms with Crippen LogP contribution >= 0.6 is 0 Å². The number of carbonyl (C=O) groups excluding carboxylic acids is 2. The van der Waals surface area contributed by atoms with Crippen LogP contribution in [0.4, 0.5) is 0 Å². The second kappa shape index (κ2) is 12.8. The molecule has 4 heterocycles. The van der Waals surface area contributed by atoms with Gasteiger partial charge in [-0.2, -0.15) is 0 Å². The first-order chi connectivity index (χ1) is 20.2. The van der Waals surface area contributed by atoms with E-state index in [1.54, 1.807) is 19.3 Å². The molecule has 5 rings (SSSR count). The van der Waals surface area contributed by atoms with Gasteiger partial charge in [0.15, 0.2) is 11.5 Å². The smallest absolute Gasteiger partial charge is 0.263 e. The fourth-order valence-electron chi connectivity index (χ4n) is 5.63. The minimum absolute atomic E-state index is 0.00669. The first-order valence-corrected chi connectivity index (χ1v) is 14.5. The standard InChI is InChI=1S/C30H39N7O5/c1-5-41-27-13-21(8-9-26(27)42-20(2)3)15-35-16-22-14-28(38)31-10-12-34(4)29(39)24-7-6-11-36(30(24)40)17-23-18-37(33-32-23)25(22)19-35/h6-9,11,13,18,20,22,25H,5,10,12,14-17,19H2,1-4H3,(H,31,38)/t22-,25+/m0/s1. The average molecular weight is 578 g/mol. The van der Waals surface area contributed by atoms with Crippen LogP contribution in [0.15, 0.2) is 47.5 Å². The summed E-state index contributed by atoms with van der Waals surface area (Å²) in [5.74, 6) is 0.961. The Kier molecular flexibility index (Phi) is 8.91. The first-order valence-electron chi connectivity index (χ1n) is 14.5. The van der Waals surface area contributed by atoms with E-state index in [2.05, 4.69) is 20.5 Å². The van der Waals surface area contributed by atoms with Crippen molar-refractivity contribution in [2.75, 3.05) is 39.8 Å². The van der Waals surface area contributed by atoms with Crippen LogP contribution in [-0.2, 0) is 17.9 Å². The summed E-state index contributed by atoms with van der Waals surface area (Å²) in [5, 5.41) is 11.7. The van der Waals surface area contributed by atoms with Gasteiger partial charge in [-0.1, -0.05) is 11.3 Å². The van der Waals surface area contributed by atoms with E-state index in [1.807, 2.05) is 49.8 Å². The van der Waals surface area contributed by atoms with Crippen LogP contribution in [0.3, 0.4) is 0 Å². The highest BCUT2D eigenvalue weighted by atomic mass is 16.5. The topological polar surface area (TPSA) is 124 Å². The van der Waals surface area contributed by atoms with Crippen LogP contribution in [0.5, 0.6) is 11.5 Å². The minimum atomic E-state index is -0.388. The van der Waals surface area contributed by atoms with E-state index in [0.717, 1.165) is 17.1 Å². The predicted molar refractivity (Wildman–Crippen MR) is 156 cm³/mol. The average Bonchev–Trinajstić information content (AvgIpc) is 3.57. The highest BCUT2D eigenvalue weighted by molar-refractivity contribution is 5.93. The molecule has 2 aromatic heterocycles. The number of hydrogen-bond acceptors (Lipinski definition) is 8. The summed E-state index contributed by atoms with van der Waals surface area (Å²) in [6, 6.07) is 9.15. The van der Waals surface area contributed by atoms with Crippen molar-refractivity contribution < 1.29 is 19.1 Å². The normalized spacial score (nSPS) is 20.0. The van der Waals surface area contributed by atoms with Crippen LogP contribution in [0.2, 0.25) is 0 Å². The maximum atomic E-state index is 13.1. The molecule has 12 heteroatoms. The van der Waals surface area contributed by atoms with E-state index >= 15 is 0 Å². The van der Waals surface area contributed by atoms with Crippen molar-refractivity contribution in [3.05, 3.63) is 69.9 Å². The van der Waals surface area contributed by atoms with Crippen molar-refractivity contribution in [1.82, 2.24) is 34.7 Å². The Labute approximate surface area is 245 Å². The number of fused-ring (bicyclic) bond motifs is 6. The van der Waals surface area contributed by atoms with Gasteiger partial charge in [-0.25, -0.2) is 4.68 Å². The second-order valence-electron chi connectivity index (χ2n) is 11.2. The Morgan fingerprint density at radius 1 is 1.12 bits per heavy atom. The molecule has 3 aromatic rings. The quantitative estimate of drug-likeness (QED) is 0.472. The molecular formula is C30H39N7O5. The molecule has 2 atom stereocenters. The molecule has 0 spiro atoms. The van der Waals surface area contributed by atoms with Gasteiger partial charge in [0.25, 0.3) is 11.5 Å². The third-order valence-electron chi connectivity index (χ3n) is 7.60. The Hall–Kier alpha value is -4.19. The zero-order chi connectivity index (χ0) is 29.8. The summed E-state index contributed by atoms with van der Waals surface area (Å²) in [6.07, 6.45) is 3.84. The highest BCUT2D eigenvalue weighted by Gasteiger charge is 2.36. The third kappa shape index (κ3) is 6.64. The molecule has 0 unspecified atom stereocenters. The summed E-state index contributed by atoms with van der Waals surface area (Å²) in [5.41, 5.74) is 1.38.